The normalized spacial score (nSPS) is 14.4. The fourth-order valence-corrected chi connectivity index (χ4v) is 1.27. The van der Waals surface area contributed by atoms with Crippen LogP contribution in [0.2, 0.25) is 0 Å². The molecule has 8 heteroatoms. The maximum atomic E-state index is 10.7. The Morgan fingerprint density at radius 1 is 1.28 bits per heavy atom. The van der Waals surface area contributed by atoms with Gasteiger partial charge in [-0.1, -0.05) is 6.07 Å². The molecule has 1 aliphatic rings. The molecule has 0 amide bonds. The molecule has 0 atom stereocenters. The van der Waals surface area contributed by atoms with E-state index in [1.54, 1.807) is 0 Å². The van der Waals surface area contributed by atoms with Crippen LogP contribution in [0.15, 0.2) is 30.5 Å². The largest absolute Gasteiger partial charge is 0.741 e. The minimum absolute atomic E-state index is 1.18. The van der Waals surface area contributed by atoms with E-state index < -0.39 is 15.6 Å². The summed E-state index contributed by atoms with van der Waals surface area (Å²) in [4.78, 5) is 0. The van der Waals surface area contributed by atoms with E-state index >= 15 is 0 Å². The minimum atomic E-state index is -6.09. The molecule has 2 heterocycles. The summed E-state index contributed by atoms with van der Waals surface area (Å²) in [6.07, 6.45) is 8.78. The molecule has 100 valence electrons. The zero-order valence-corrected chi connectivity index (χ0v) is 9.91. The number of rotatable bonds is 0. The zero-order valence-electron chi connectivity index (χ0n) is 9.09. The van der Waals surface area contributed by atoms with Crippen molar-refractivity contribution in [1.29, 1.82) is 0 Å². The highest BCUT2D eigenvalue weighted by Crippen LogP contribution is 2.20. The lowest BCUT2D eigenvalue weighted by molar-refractivity contribution is -0.579. The molecule has 0 saturated heterocycles. The molecule has 0 bridgehead atoms. The van der Waals surface area contributed by atoms with Crippen LogP contribution >= 0.6 is 0 Å². The Morgan fingerprint density at radius 2 is 1.89 bits per heavy atom. The number of fused-ring (bicyclic) bond motifs is 1. The third kappa shape index (κ3) is 4.11. The van der Waals surface area contributed by atoms with E-state index in [-0.39, 0.29) is 0 Å². The molecule has 1 aromatic rings. The van der Waals surface area contributed by atoms with E-state index in [1.807, 2.05) is 0 Å². The molecular formula is C10H10F3NO3S. The van der Waals surface area contributed by atoms with Crippen LogP contribution in [0, 0.1) is 0 Å². The molecule has 0 aliphatic carbocycles. The predicted molar refractivity (Wildman–Crippen MR) is 56.0 cm³/mol. The van der Waals surface area contributed by atoms with Gasteiger partial charge in [-0.2, -0.15) is 17.7 Å². The van der Waals surface area contributed by atoms with E-state index in [9.17, 15) is 13.2 Å². The molecule has 1 aromatic heterocycles. The second-order valence-corrected chi connectivity index (χ2v) is 4.79. The van der Waals surface area contributed by atoms with Crippen molar-refractivity contribution in [1.82, 2.24) is 0 Å². The Labute approximate surface area is 102 Å². The van der Waals surface area contributed by atoms with Crippen LogP contribution in [0.3, 0.4) is 0 Å². The molecule has 0 aromatic carbocycles. The van der Waals surface area contributed by atoms with Gasteiger partial charge in [0, 0.05) is 18.6 Å². The lowest BCUT2D eigenvalue weighted by atomic mass is 10.2. The molecule has 0 unspecified atom stereocenters. The summed E-state index contributed by atoms with van der Waals surface area (Å²) in [5.41, 5.74) is -4.24. The third-order valence-corrected chi connectivity index (χ3v) is 2.66. The fraction of sp³-hybridized carbons (Fsp3) is 0.300. The minimum Gasteiger partial charge on any atom is -0.741 e. The van der Waals surface area contributed by atoms with Gasteiger partial charge < -0.3 is 4.55 Å². The van der Waals surface area contributed by atoms with Crippen molar-refractivity contribution in [2.24, 2.45) is 0 Å². The Kier molecular flexibility index (Phi) is 4.47. The number of aryl methyl sites for hydroxylation is 1. The van der Waals surface area contributed by atoms with Crippen molar-refractivity contribution in [3.63, 3.8) is 0 Å². The number of aromatic nitrogens is 1. The molecule has 0 radical (unpaired) electrons. The first kappa shape index (κ1) is 14.7. The van der Waals surface area contributed by atoms with Gasteiger partial charge in [0.1, 0.15) is 0 Å². The van der Waals surface area contributed by atoms with E-state index in [0.717, 1.165) is 0 Å². The summed E-state index contributed by atoms with van der Waals surface area (Å²) in [5, 5.41) is 0. The number of pyridine rings is 1. The third-order valence-electron chi connectivity index (χ3n) is 2.09. The molecular weight excluding hydrogens is 271 g/mol. The number of alkyl halides is 3. The van der Waals surface area contributed by atoms with Crippen molar-refractivity contribution in [2.75, 3.05) is 0 Å². The van der Waals surface area contributed by atoms with Gasteiger partial charge in [0.2, 0.25) is 0 Å². The van der Waals surface area contributed by atoms with E-state index in [1.165, 1.54) is 18.5 Å². The van der Waals surface area contributed by atoms with Crippen LogP contribution in [0.4, 0.5) is 13.2 Å². The summed E-state index contributed by atoms with van der Waals surface area (Å²) in [6.45, 7) is 0. The highest BCUT2D eigenvalue weighted by Gasteiger charge is 2.36. The predicted octanol–water partition coefficient (Wildman–Crippen LogP) is 1.44. The highest BCUT2D eigenvalue weighted by molar-refractivity contribution is 7.86. The zero-order chi connectivity index (χ0) is 13.8. The Hall–Kier alpha value is -1.41. The van der Waals surface area contributed by atoms with E-state index in [2.05, 4.69) is 41.2 Å². The second-order valence-electron chi connectivity index (χ2n) is 3.42. The Morgan fingerprint density at radius 3 is 2.39 bits per heavy atom. The van der Waals surface area contributed by atoms with Gasteiger partial charge in [-0.05, 0) is 12.5 Å². The topological polar surface area (TPSA) is 61.1 Å². The van der Waals surface area contributed by atoms with Gasteiger partial charge in [-0.15, -0.1) is 0 Å². The smallest absolute Gasteiger partial charge is 0.485 e. The quantitative estimate of drug-likeness (QED) is 0.411. The molecule has 0 spiro atoms. The average Bonchev–Trinajstić information content (AvgIpc) is 2.27. The highest BCUT2D eigenvalue weighted by atomic mass is 32.2. The first-order valence-electron chi connectivity index (χ1n) is 4.89. The number of allylic oxidation sites excluding steroid dienone is 1. The summed E-state index contributed by atoms with van der Waals surface area (Å²) >= 11 is 0. The summed E-state index contributed by atoms with van der Waals surface area (Å²) < 4.78 is 61.1. The maximum Gasteiger partial charge on any atom is 0.485 e. The van der Waals surface area contributed by atoms with Crippen LogP contribution in [0.5, 0.6) is 0 Å². The number of halogens is 3. The number of hydrogen-bond donors (Lipinski definition) is 0. The maximum absolute atomic E-state index is 10.7. The van der Waals surface area contributed by atoms with Gasteiger partial charge >= 0.3 is 5.51 Å². The van der Waals surface area contributed by atoms with Crippen LogP contribution in [0.1, 0.15) is 12.1 Å². The van der Waals surface area contributed by atoms with Crippen LogP contribution < -0.4 is 4.57 Å². The first-order chi connectivity index (χ1) is 8.22. The van der Waals surface area contributed by atoms with Gasteiger partial charge in [0.15, 0.2) is 28.2 Å². The van der Waals surface area contributed by atoms with E-state index in [0.29, 0.717) is 0 Å². The van der Waals surface area contributed by atoms with Gasteiger partial charge in [-0.3, -0.25) is 0 Å². The molecule has 1 aliphatic heterocycles. The molecule has 0 saturated carbocycles. The monoisotopic (exact) mass is 281 g/mol. The lowest BCUT2D eigenvalue weighted by Gasteiger charge is -2.08. The first-order valence-corrected chi connectivity index (χ1v) is 6.30. The molecule has 4 nitrogen and oxygen atoms in total. The van der Waals surface area contributed by atoms with Crippen LogP contribution in [0.25, 0.3) is 6.20 Å². The van der Waals surface area contributed by atoms with Gasteiger partial charge in [0.05, 0.1) is 0 Å². The van der Waals surface area contributed by atoms with Crippen molar-refractivity contribution in [2.45, 2.75) is 18.3 Å². The molecule has 0 N–H and O–H groups in total. The van der Waals surface area contributed by atoms with Crippen molar-refractivity contribution in [3.05, 3.63) is 36.2 Å². The van der Waals surface area contributed by atoms with Crippen LogP contribution in [-0.4, -0.2) is 18.5 Å². The summed E-state index contributed by atoms with van der Waals surface area (Å²) in [7, 11) is -6.09. The van der Waals surface area contributed by atoms with Crippen molar-refractivity contribution >= 4 is 16.3 Å². The SMILES string of the molecule is C1=C[n+]2ccccc2CC1.O=S(=O)([O-])C(F)(F)F. The Bertz CT molecular complexity index is 538. The molecule has 0 fully saturated rings. The summed E-state index contributed by atoms with van der Waals surface area (Å²) in [5.74, 6) is 0. The lowest BCUT2D eigenvalue weighted by Crippen LogP contribution is -2.32. The Balaban J connectivity index is 0.000000187. The molecule has 18 heavy (non-hydrogen) atoms. The second kappa shape index (κ2) is 5.49. The standard InChI is InChI=1S/C9H10N.CHF3O3S/c1-3-7-10-8-4-2-6-9(10)5-1;2-1(3,4)8(5,6)7/h1,3-5,7-8H,2,6H2;(H,5,6,7)/q+1;/p-1. The number of hydrogen-bond acceptors (Lipinski definition) is 3. The number of nitrogens with zero attached hydrogens (tertiary/aromatic N) is 1. The average molecular weight is 281 g/mol. The fourth-order valence-electron chi connectivity index (χ4n) is 1.27. The van der Waals surface area contributed by atoms with Gasteiger partial charge in [0.25, 0.3) is 0 Å². The van der Waals surface area contributed by atoms with E-state index in [4.69, 9.17) is 13.0 Å². The van der Waals surface area contributed by atoms with Gasteiger partial charge in [-0.25, -0.2) is 8.42 Å². The van der Waals surface area contributed by atoms with Crippen molar-refractivity contribution < 1.29 is 30.7 Å². The van der Waals surface area contributed by atoms with Crippen molar-refractivity contribution in [3.8, 4) is 0 Å². The summed E-state index contributed by atoms with van der Waals surface area (Å²) in [6, 6.07) is 6.31. The van der Waals surface area contributed by atoms with Crippen LogP contribution in [-0.2, 0) is 16.5 Å². The molecule has 2 rings (SSSR count).